The van der Waals surface area contributed by atoms with E-state index in [9.17, 15) is 22.4 Å². The molecule has 0 aromatic heterocycles. The number of carbonyl (C=O) groups excluding carboxylic acids is 1. The van der Waals surface area contributed by atoms with Gasteiger partial charge in [-0.1, -0.05) is 6.07 Å². The van der Waals surface area contributed by atoms with Gasteiger partial charge in [0.25, 0.3) is 6.43 Å². The maximum absolute atomic E-state index is 13.2. The lowest BCUT2D eigenvalue weighted by Crippen LogP contribution is -2.31. The van der Waals surface area contributed by atoms with Gasteiger partial charge in [0.2, 0.25) is 0 Å². The Hall–Kier alpha value is -1.43. The van der Waals surface area contributed by atoms with Crippen LogP contribution < -0.4 is 0 Å². The average Bonchev–Trinajstić information content (AvgIpc) is 2.15. The maximum atomic E-state index is 13.2. The van der Waals surface area contributed by atoms with Crippen LogP contribution in [0.5, 0.6) is 0 Å². The third-order valence-corrected chi connectivity index (χ3v) is 2.10. The Balaban J connectivity index is 2.77. The summed E-state index contributed by atoms with van der Waals surface area (Å²) in [7, 11) is 1.28. The van der Waals surface area contributed by atoms with Crippen molar-refractivity contribution in [2.45, 2.75) is 6.43 Å². The monoisotopic (exact) mass is 249 g/mol. The van der Waals surface area contributed by atoms with Crippen molar-refractivity contribution in [1.29, 1.82) is 0 Å². The van der Waals surface area contributed by atoms with E-state index in [2.05, 4.69) is 0 Å². The number of Topliss-reactive ketones (excluding diaryl/α,β-unsaturated/α-hetero) is 1. The predicted octanol–water partition coefficient (Wildman–Crippen LogP) is 2.34. The molecular formula is C11H11F4NO. The molecule has 0 bridgehead atoms. The molecular weight excluding hydrogens is 238 g/mol. The number of hydrogen-bond acceptors (Lipinski definition) is 2. The summed E-state index contributed by atoms with van der Waals surface area (Å²) in [5.41, 5.74) is -0.686. The molecule has 0 fully saturated rings. The quantitative estimate of drug-likeness (QED) is 0.589. The first kappa shape index (κ1) is 13.6. The number of halogens is 4. The van der Waals surface area contributed by atoms with Crippen molar-refractivity contribution in [2.24, 2.45) is 0 Å². The van der Waals surface area contributed by atoms with Crippen molar-refractivity contribution < 1.29 is 22.4 Å². The van der Waals surface area contributed by atoms with Gasteiger partial charge in [-0.3, -0.25) is 9.69 Å². The molecule has 1 aromatic rings. The highest BCUT2D eigenvalue weighted by molar-refractivity contribution is 5.98. The summed E-state index contributed by atoms with van der Waals surface area (Å²) in [6.45, 7) is -1.08. The van der Waals surface area contributed by atoms with Crippen LogP contribution in [-0.2, 0) is 0 Å². The first-order valence-electron chi connectivity index (χ1n) is 4.85. The average molecular weight is 249 g/mol. The second kappa shape index (κ2) is 5.77. The van der Waals surface area contributed by atoms with E-state index < -0.39 is 42.5 Å². The summed E-state index contributed by atoms with van der Waals surface area (Å²) < 4.78 is 50.4. The summed E-state index contributed by atoms with van der Waals surface area (Å²) in [5, 5.41) is 0. The van der Waals surface area contributed by atoms with E-state index in [1.165, 1.54) is 7.05 Å². The fraction of sp³-hybridized carbons (Fsp3) is 0.364. The Morgan fingerprint density at radius 2 is 1.82 bits per heavy atom. The van der Waals surface area contributed by atoms with Gasteiger partial charge in [-0.05, 0) is 19.2 Å². The topological polar surface area (TPSA) is 20.3 Å². The summed E-state index contributed by atoms with van der Waals surface area (Å²) >= 11 is 0. The van der Waals surface area contributed by atoms with E-state index in [4.69, 9.17) is 0 Å². The van der Waals surface area contributed by atoms with E-state index in [0.717, 1.165) is 23.1 Å². The van der Waals surface area contributed by atoms with E-state index >= 15 is 0 Å². The number of ketones is 1. The van der Waals surface area contributed by atoms with Gasteiger partial charge in [-0.15, -0.1) is 0 Å². The Morgan fingerprint density at radius 1 is 1.29 bits per heavy atom. The van der Waals surface area contributed by atoms with Crippen LogP contribution in [0.3, 0.4) is 0 Å². The number of benzene rings is 1. The smallest absolute Gasteiger partial charge is 0.251 e. The molecule has 0 N–H and O–H groups in total. The molecule has 0 unspecified atom stereocenters. The van der Waals surface area contributed by atoms with Gasteiger partial charge in [0.15, 0.2) is 5.78 Å². The second-order valence-electron chi connectivity index (χ2n) is 3.61. The molecule has 0 spiro atoms. The molecule has 0 radical (unpaired) electrons. The molecule has 0 saturated heterocycles. The lowest BCUT2D eigenvalue weighted by atomic mass is 10.1. The molecule has 0 amide bonds. The zero-order valence-corrected chi connectivity index (χ0v) is 9.09. The summed E-state index contributed by atoms with van der Waals surface area (Å²) in [4.78, 5) is 12.5. The Kier molecular flexibility index (Phi) is 4.62. The van der Waals surface area contributed by atoms with Crippen LogP contribution in [0.2, 0.25) is 0 Å². The highest BCUT2D eigenvalue weighted by atomic mass is 19.3. The van der Waals surface area contributed by atoms with Crippen molar-refractivity contribution in [1.82, 2.24) is 4.90 Å². The molecule has 0 heterocycles. The van der Waals surface area contributed by atoms with Crippen LogP contribution in [0, 0.1) is 11.6 Å². The standard InChI is InChI=1S/C11H11F4NO/c1-16(6-10(14)15)5-9(17)11-7(12)3-2-4-8(11)13/h2-4,10H,5-6H2,1H3. The lowest BCUT2D eigenvalue weighted by molar-refractivity contribution is 0.0814. The fourth-order valence-electron chi connectivity index (χ4n) is 1.39. The lowest BCUT2D eigenvalue weighted by Gasteiger charge is -2.15. The first-order valence-corrected chi connectivity index (χ1v) is 4.85. The molecule has 0 aliphatic heterocycles. The van der Waals surface area contributed by atoms with Crippen molar-refractivity contribution in [2.75, 3.05) is 20.1 Å². The van der Waals surface area contributed by atoms with Gasteiger partial charge in [0, 0.05) is 0 Å². The van der Waals surface area contributed by atoms with Gasteiger partial charge in [-0.25, -0.2) is 17.6 Å². The van der Waals surface area contributed by atoms with Gasteiger partial charge in [-0.2, -0.15) is 0 Å². The van der Waals surface area contributed by atoms with Crippen LogP contribution in [-0.4, -0.2) is 37.2 Å². The molecule has 6 heteroatoms. The molecule has 0 aliphatic carbocycles. The summed E-state index contributed by atoms with van der Waals surface area (Å²) in [6, 6.07) is 3.02. The molecule has 2 nitrogen and oxygen atoms in total. The van der Waals surface area contributed by atoms with Gasteiger partial charge < -0.3 is 0 Å². The molecule has 0 atom stereocenters. The maximum Gasteiger partial charge on any atom is 0.251 e. The number of alkyl halides is 2. The highest BCUT2D eigenvalue weighted by Crippen LogP contribution is 2.13. The van der Waals surface area contributed by atoms with Crippen LogP contribution in [0.25, 0.3) is 0 Å². The van der Waals surface area contributed by atoms with Crippen molar-refractivity contribution in [3.8, 4) is 0 Å². The zero-order valence-electron chi connectivity index (χ0n) is 9.09. The minimum atomic E-state index is -2.60. The van der Waals surface area contributed by atoms with Gasteiger partial charge >= 0.3 is 0 Å². The van der Waals surface area contributed by atoms with Crippen LogP contribution in [0.4, 0.5) is 17.6 Å². The minimum Gasteiger partial charge on any atom is -0.293 e. The molecule has 0 saturated carbocycles. The normalized spacial score (nSPS) is 11.2. The van der Waals surface area contributed by atoms with Crippen LogP contribution >= 0.6 is 0 Å². The van der Waals surface area contributed by atoms with Crippen molar-refractivity contribution in [3.05, 3.63) is 35.4 Å². The third-order valence-electron chi connectivity index (χ3n) is 2.10. The fourth-order valence-corrected chi connectivity index (χ4v) is 1.39. The minimum absolute atomic E-state index is 0.456. The van der Waals surface area contributed by atoms with Crippen molar-refractivity contribution >= 4 is 5.78 Å². The van der Waals surface area contributed by atoms with Crippen molar-refractivity contribution in [3.63, 3.8) is 0 Å². The zero-order chi connectivity index (χ0) is 13.0. The number of carbonyl (C=O) groups is 1. The van der Waals surface area contributed by atoms with E-state index in [1.54, 1.807) is 0 Å². The Morgan fingerprint density at radius 3 is 2.29 bits per heavy atom. The van der Waals surface area contributed by atoms with E-state index in [0.29, 0.717) is 0 Å². The van der Waals surface area contributed by atoms with Crippen LogP contribution in [0.15, 0.2) is 18.2 Å². The van der Waals surface area contributed by atoms with Crippen LogP contribution in [0.1, 0.15) is 10.4 Å². The summed E-state index contributed by atoms with van der Waals surface area (Å²) in [5.74, 6) is -2.83. The van der Waals surface area contributed by atoms with E-state index in [-0.39, 0.29) is 0 Å². The Labute approximate surface area is 95.8 Å². The van der Waals surface area contributed by atoms with E-state index in [1.807, 2.05) is 0 Å². The SMILES string of the molecule is CN(CC(=O)c1c(F)cccc1F)CC(F)F. The van der Waals surface area contributed by atoms with Gasteiger partial charge in [0.1, 0.15) is 11.6 Å². The molecule has 94 valence electrons. The van der Waals surface area contributed by atoms with Gasteiger partial charge in [0.05, 0.1) is 18.7 Å². The number of nitrogens with zero attached hydrogens (tertiary/aromatic N) is 1. The molecule has 1 aromatic carbocycles. The highest BCUT2D eigenvalue weighted by Gasteiger charge is 2.19. The second-order valence-corrected chi connectivity index (χ2v) is 3.61. The predicted molar refractivity (Wildman–Crippen MR) is 54.2 cm³/mol. The Bertz CT molecular complexity index is 388. The molecule has 0 aliphatic rings. The first-order chi connectivity index (χ1) is 7.91. The number of rotatable bonds is 5. The number of likely N-dealkylation sites (N-methyl/N-ethyl adjacent to an activating group) is 1. The number of hydrogen-bond donors (Lipinski definition) is 0. The summed E-state index contributed by atoms with van der Waals surface area (Å²) in [6.07, 6.45) is -2.60. The molecule has 17 heavy (non-hydrogen) atoms. The largest absolute Gasteiger partial charge is 0.293 e. The molecule has 1 rings (SSSR count). The third kappa shape index (κ3) is 3.81.